The van der Waals surface area contributed by atoms with Gasteiger partial charge in [0.2, 0.25) is 11.8 Å². The van der Waals surface area contributed by atoms with Gasteiger partial charge in [-0.2, -0.15) is 0 Å². The molecule has 0 bridgehead atoms. The van der Waals surface area contributed by atoms with E-state index < -0.39 is 0 Å². The first kappa shape index (κ1) is 13.9. The molecule has 1 aromatic heterocycles. The minimum atomic E-state index is 0.173. The summed E-state index contributed by atoms with van der Waals surface area (Å²) < 4.78 is 5.71. The van der Waals surface area contributed by atoms with Crippen molar-refractivity contribution in [3.8, 4) is 11.5 Å². The Balaban J connectivity index is 1.59. The molecule has 0 saturated heterocycles. The van der Waals surface area contributed by atoms with Crippen LogP contribution in [0.3, 0.4) is 0 Å². The molecular weight excluding hydrogens is 264 g/mol. The largest absolute Gasteiger partial charge is 0.441 e. The minimum Gasteiger partial charge on any atom is -0.441 e. The fourth-order valence-corrected chi connectivity index (χ4v) is 2.49. The Morgan fingerprint density at radius 2 is 2.10 bits per heavy atom. The van der Waals surface area contributed by atoms with E-state index in [0.717, 1.165) is 23.4 Å². The zero-order chi connectivity index (χ0) is 14.8. The molecule has 2 unspecified atom stereocenters. The number of aromatic nitrogens is 1. The van der Waals surface area contributed by atoms with Crippen molar-refractivity contribution in [2.45, 2.75) is 26.7 Å². The Morgan fingerprint density at radius 3 is 2.76 bits per heavy atom. The van der Waals surface area contributed by atoms with Gasteiger partial charge in [-0.1, -0.05) is 25.1 Å². The second kappa shape index (κ2) is 5.72. The van der Waals surface area contributed by atoms with E-state index in [1.165, 1.54) is 0 Å². The standard InChI is InChI=1S/C17H20N2O2/c1-11-10-14(11)16(20)18-9-8-15-12(2)21-17(19-15)13-6-4-3-5-7-13/h3-7,11,14H,8-10H2,1-2H3,(H,18,20). The first-order valence-corrected chi connectivity index (χ1v) is 7.44. The van der Waals surface area contributed by atoms with Crippen molar-refractivity contribution in [2.75, 3.05) is 6.54 Å². The van der Waals surface area contributed by atoms with Gasteiger partial charge in [0, 0.05) is 24.4 Å². The number of amides is 1. The van der Waals surface area contributed by atoms with Gasteiger partial charge in [0.25, 0.3) is 0 Å². The highest BCUT2D eigenvalue weighted by Crippen LogP contribution is 2.37. The number of benzene rings is 1. The molecule has 1 aromatic carbocycles. The predicted molar refractivity (Wildman–Crippen MR) is 80.7 cm³/mol. The van der Waals surface area contributed by atoms with Crippen LogP contribution in [0.2, 0.25) is 0 Å². The second-order valence-corrected chi connectivity index (χ2v) is 5.75. The summed E-state index contributed by atoms with van der Waals surface area (Å²) in [7, 11) is 0. The van der Waals surface area contributed by atoms with Gasteiger partial charge in [-0.15, -0.1) is 0 Å². The van der Waals surface area contributed by atoms with Gasteiger partial charge >= 0.3 is 0 Å². The topological polar surface area (TPSA) is 55.1 Å². The number of hydrogen-bond donors (Lipinski definition) is 1. The third-order valence-corrected chi connectivity index (χ3v) is 4.02. The smallest absolute Gasteiger partial charge is 0.226 e. The van der Waals surface area contributed by atoms with E-state index in [4.69, 9.17) is 4.42 Å². The molecule has 0 aliphatic heterocycles. The van der Waals surface area contributed by atoms with Crippen LogP contribution in [0.4, 0.5) is 0 Å². The van der Waals surface area contributed by atoms with Crippen LogP contribution in [0.1, 0.15) is 24.8 Å². The average molecular weight is 284 g/mol. The number of carbonyl (C=O) groups is 1. The average Bonchev–Trinajstić information content (AvgIpc) is 3.11. The van der Waals surface area contributed by atoms with Crippen molar-refractivity contribution in [1.29, 1.82) is 0 Å². The Hall–Kier alpha value is -2.10. The third kappa shape index (κ3) is 3.15. The molecular formula is C17H20N2O2. The summed E-state index contributed by atoms with van der Waals surface area (Å²) >= 11 is 0. The van der Waals surface area contributed by atoms with Crippen LogP contribution in [0.15, 0.2) is 34.7 Å². The number of nitrogens with one attached hydrogen (secondary N) is 1. The van der Waals surface area contributed by atoms with Crippen LogP contribution in [0.25, 0.3) is 11.5 Å². The first-order valence-electron chi connectivity index (χ1n) is 7.44. The summed E-state index contributed by atoms with van der Waals surface area (Å²) in [4.78, 5) is 16.3. The van der Waals surface area contributed by atoms with Gasteiger partial charge < -0.3 is 9.73 Å². The zero-order valence-electron chi connectivity index (χ0n) is 12.4. The van der Waals surface area contributed by atoms with E-state index in [1.807, 2.05) is 37.3 Å². The minimum absolute atomic E-state index is 0.173. The van der Waals surface area contributed by atoms with E-state index in [9.17, 15) is 4.79 Å². The molecule has 3 rings (SSSR count). The summed E-state index contributed by atoms with van der Waals surface area (Å²) in [6, 6.07) is 9.85. The van der Waals surface area contributed by atoms with E-state index in [-0.39, 0.29) is 11.8 Å². The first-order chi connectivity index (χ1) is 10.1. The maximum atomic E-state index is 11.8. The highest BCUT2D eigenvalue weighted by atomic mass is 16.4. The van der Waals surface area contributed by atoms with Gasteiger partial charge in [0.05, 0.1) is 5.69 Å². The van der Waals surface area contributed by atoms with E-state index in [2.05, 4.69) is 17.2 Å². The second-order valence-electron chi connectivity index (χ2n) is 5.75. The summed E-state index contributed by atoms with van der Waals surface area (Å²) in [6.07, 6.45) is 1.72. The van der Waals surface area contributed by atoms with Gasteiger partial charge in [0.1, 0.15) is 5.76 Å². The SMILES string of the molecule is Cc1oc(-c2ccccc2)nc1CCNC(=O)C1CC1C. The molecule has 21 heavy (non-hydrogen) atoms. The lowest BCUT2D eigenvalue weighted by molar-refractivity contribution is -0.122. The maximum Gasteiger partial charge on any atom is 0.226 e. The number of oxazole rings is 1. The lowest BCUT2D eigenvalue weighted by Crippen LogP contribution is -2.27. The van der Waals surface area contributed by atoms with Crippen molar-refractivity contribution >= 4 is 5.91 Å². The predicted octanol–water partition coefficient (Wildman–Crippen LogP) is 2.96. The number of nitrogens with zero attached hydrogens (tertiary/aromatic N) is 1. The molecule has 1 fully saturated rings. The molecule has 1 amide bonds. The fourth-order valence-electron chi connectivity index (χ4n) is 2.49. The van der Waals surface area contributed by atoms with Crippen molar-refractivity contribution in [2.24, 2.45) is 11.8 Å². The lowest BCUT2D eigenvalue weighted by atomic mass is 10.2. The fraction of sp³-hybridized carbons (Fsp3) is 0.412. The van der Waals surface area contributed by atoms with Gasteiger partial charge in [0.15, 0.2) is 0 Å². The molecule has 1 saturated carbocycles. The van der Waals surface area contributed by atoms with Crippen molar-refractivity contribution in [3.63, 3.8) is 0 Å². The summed E-state index contributed by atoms with van der Waals surface area (Å²) in [5.74, 6) is 2.41. The highest BCUT2D eigenvalue weighted by Gasteiger charge is 2.38. The Bertz CT molecular complexity index is 633. The van der Waals surface area contributed by atoms with Gasteiger partial charge in [-0.05, 0) is 31.4 Å². The molecule has 4 nitrogen and oxygen atoms in total. The van der Waals surface area contributed by atoms with Crippen LogP contribution >= 0.6 is 0 Å². The van der Waals surface area contributed by atoms with Crippen molar-refractivity contribution < 1.29 is 9.21 Å². The van der Waals surface area contributed by atoms with E-state index in [0.29, 0.717) is 24.8 Å². The highest BCUT2D eigenvalue weighted by molar-refractivity contribution is 5.81. The number of carbonyl (C=O) groups excluding carboxylic acids is 1. The van der Waals surface area contributed by atoms with Crippen LogP contribution < -0.4 is 5.32 Å². The summed E-state index contributed by atoms with van der Waals surface area (Å²) in [6.45, 7) is 4.64. The Kier molecular flexibility index (Phi) is 3.78. The number of aryl methyl sites for hydroxylation is 1. The van der Waals surface area contributed by atoms with Crippen LogP contribution in [0, 0.1) is 18.8 Å². The van der Waals surface area contributed by atoms with Gasteiger partial charge in [-0.3, -0.25) is 4.79 Å². The Labute approximate surface area is 124 Å². The van der Waals surface area contributed by atoms with Crippen molar-refractivity contribution in [1.82, 2.24) is 10.3 Å². The molecule has 1 aliphatic rings. The third-order valence-electron chi connectivity index (χ3n) is 4.02. The maximum absolute atomic E-state index is 11.8. The molecule has 2 aromatic rings. The van der Waals surface area contributed by atoms with E-state index >= 15 is 0 Å². The quantitative estimate of drug-likeness (QED) is 0.918. The normalized spacial score (nSPS) is 20.3. The summed E-state index contributed by atoms with van der Waals surface area (Å²) in [5.41, 5.74) is 1.89. The van der Waals surface area contributed by atoms with Crippen molar-refractivity contribution in [3.05, 3.63) is 41.8 Å². The molecule has 1 N–H and O–H groups in total. The molecule has 1 aliphatic carbocycles. The number of hydrogen-bond acceptors (Lipinski definition) is 3. The van der Waals surface area contributed by atoms with Crippen LogP contribution in [0.5, 0.6) is 0 Å². The number of rotatable bonds is 5. The van der Waals surface area contributed by atoms with E-state index in [1.54, 1.807) is 0 Å². The molecule has 0 radical (unpaired) electrons. The van der Waals surface area contributed by atoms with Crippen LogP contribution in [-0.2, 0) is 11.2 Å². The van der Waals surface area contributed by atoms with Crippen LogP contribution in [-0.4, -0.2) is 17.4 Å². The van der Waals surface area contributed by atoms with Gasteiger partial charge in [-0.25, -0.2) is 4.98 Å². The Morgan fingerprint density at radius 1 is 1.38 bits per heavy atom. The molecule has 1 heterocycles. The zero-order valence-corrected chi connectivity index (χ0v) is 12.4. The molecule has 110 valence electrons. The molecule has 4 heteroatoms. The summed E-state index contributed by atoms with van der Waals surface area (Å²) in [5, 5.41) is 2.98. The molecule has 2 atom stereocenters. The molecule has 0 spiro atoms. The lowest BCUT2D eigenvalue weighted by Gasteiger charge is -2.02. The monoisotopic (exact) mass is 284 g/mol.